The van der Waals surface area contributed by atoms with Crippen LogP contribution in [0.5, 0.6) is 0 Å². The van der Waals surface area contributed by atoms with Crippen molar-refractivity contribution < 1.29 is 13.2 Å². The molecule has 0 bridgehead atoms. The van der Waals surface area contributed by atoms with E-state index in [0.717, 1.165) is 6.26 Å². The summed E-state index contributed by atoms with van der Waals surface area (Å²) in [5, 5.41) is 2.81. The summed E-state index contributed by atoms with van der Waals surface area (Å²) in [4.78, 5) is 24.7. The van der Waals surface area contributed by atoms with Crippen molar-refractivity contribution in [2.75, 3.05) is 38.2 Å². The third kappa shape index (κ3) is 3.19. The molecule has 0 radical (unpaired) electrons. The van der Waals surface area contributed by atoms with Crippen LogP contribution in [0.1, 0.15) is 10.4 Å². The van der Waals surface area contributed by atoms with Crippen LogP contribution >= 0.6 is 0 Å². The lowest BCUT2D eigenvalue weighted by Gasteiger charge is -2.33. The average Bonchev–Trinajstić information content (AvgIpc) is 2.45. The second kappa shape index (κ2) is 5.78. The van der Waals surface area contributed by atoms with Gasteiger partial charge in [-0.05, 0) is 17.3 Å². The largest absolute Gasteiger partial charge is 0.397 e. The molecule has 1 heterocycles. The number of sulfonamides is 1. The molecule has 1 amide bonds. The Morgan fingerprint density at radius 2 is 1.86 bits per heavy atom. The van der Waals surface area contributed by atoms with Crippen molar-refractivity contribution in [2.45, 2.75) is 0 Å². The summed E-state index contributed by atoms with van der Waals surface area (Å²) in [7, 11) is -3.25. The Morgan fingerprint density at radius 1 is 1.24 bits per heavy atom. The highest BCUT2D eigenvalue weighted by molar-refractivity contribution is 7.88. The summed E-state index contributed by atoms with van der Waals surface area (Å²) in [5.41, 5.74) is 5.83. The highest BCUT2D eigenvalue weighted by atomic mass is 32.2. The van der Waals surface area contributed by atoms with Crippen molar-refractivity contribution in [3.8, 4) is 0 Å². The number of benzene rings is 1. The molecule has 1 aliphatic heterocycles. The number of carbonyl (C=O) groups excluding carboxylic acids is 1. The first-order valence-corrected chi connectivity index (χ1v) is 8.15. The predicted molar refractivity (Wildman–Crippen MR) is 78.6 cm³/mol. The second-order valence-electron chi connectivity index (χ2n) is 4.79. The number of nitroso groups, excluding NO2 is 1. The minimum Gasteiger partial charge on any atom is -0.397 e. The first-order valence-electron chi connectivity index (χ1n) is 6.31. The molecule has 0 atom stereocenters. The number of amides is 1. The van der Waals surface area contributed by atoms with Crippen molar-refractivity contribution in [3.63, 3.8) is 0 Å². The quantitative estimate of drug-likeness (QED) is 0.640. The molecule has 1 aliphatic rings. The van der Waals surface area contributed by atoms with Gasteiger partial charge in [0.05, 0.1) is 17.5 Å². The molecule has 0 saturated carbocycles. The number of carbonyl (C=O) groups is 1. The number of anilines is 1. The average molecular weight is 312 g/mol. The van der Waals surface area contributed by atoms with Gasteiger partial charge in [0.2, 0.25) is 10.0 Å². The lowest BCUT2D eigenvalue weighted by atomic mass is 10.1. The fourth-order valence-electron chi connectivity index (χ4n) is 2.23. The normalized spacial score (nSPS) is 16.7. The van der Waals surface area contributed by atoms with E-state index in [1.807, 2.05) is 0 Å². The molecule has 1 saturated heterocycles. The molecule has 9 heteroatoms. The zero-order valence-electron chi connectivity index (χ0n) is 11.5. The Morgan fingerprint density at radius 3 is 2.38 bits per heavy atom. The SMILES string of the molecule is CS(=O)(=O)N1CCN(C(=O)c2cccc(N)c2N=O)CC1. The van der Waals surface area contributed by atoms with Crippen LogP contribution in [0.15, 0.2) is 23.4 Å². The minimum absolute atomic E-state index is 0.0759. The van der Waals surface area contributed by atoms with Gasteiger partial charge in [-0.1, -0.05) is 6.07 Å². The molecule has 2 rings (SSSR count). The van der Waals surface area contributed by atoms with Gasteiger partial charge < -0.3 is 10.6 Å². The summed E-state index contributed by atoms with van der Waals surface area (Å²) in [6.07, 6.45) is 1.14. The highest BCUT2D eigenvalue weighted by Crippen LogP contribution is 2.27. The molecule has 0 spiro atoms. The molecular weight excluding hydrogens is 296 g/mol. The number of nitrogens with two attached hydrogens (primary N) is 1. The minimum atomic E-state index is -3.25. The van der Waals surface area contributed by atoms with E-state index >= 15 is 0 Å². The topological polar surface area (TPSA) is 113 Å². The standard InChI is InChI=1S/C12H16N4O4S/c1-21(19,20)16-7-5-15(6-8-16)12(17)9-3-2-4-10(13)11(9)14-18/h2-4H,5-8,13H2,1H3. The first kappa shape index (κ1) is 15.4. The molecule has 1 fully saturated rings. The molecule has 8 nitrogen and oxygen atoms in total. The molecule has 114 valence electrons. The van der Waals surface area contributed by atoms with Crippen molar-refractivity contribution >= 4 is 27.3 Å². The lowest BCUT2D eigenvalue weighted by molar-refractivity contribution is 0.0699. The number of nitrogen functional groups attached to an aromatic ring is 1. The van der Waals surface area contributed by atoms with Gasteiger partial charge in [0.1, 0.15) is 5.69 Å². The molecule has 1 aromatic carbocycles. The van der Waals surface area contributed by atoms with Gasteiger partial charge in [-0.3, -0.25) is 4.79 Å². The smallest absolute Gasteiger partial charge is 0.256 e. The first-order chi connectivity index (χ1) is 9.84. The van der Waals surface area contributed by atoms with Gasteiger partial charge in [0, 0.05) is 26.2 Å². The Kier molecular flexibility index (Phi) is 4.24. The Balaban J connectivity index is 2.16. The van der Waals surface area contributed by atoms with Crippen LogP contribution < -0.4 is 5.73 Å². The van der Waals surface area contributed by atoms with Crippen LogP contribution in [0, 0.1) is 4.91 Å². The van der Waals surface area contributed by atoms with E-state index in [4.69, 9.17) is 5.73 Å². The van der Waals surface area contributed by atoms with Crippen LogP contribution in [0.2, 0.25) is 0 Å². The van der Waals surface area contributed by atoms with E-state index in [-0.39, 0.29) is 49.0 Å². The third-order valence-electron chi connectivity index (χ3n) is 3.38. The highest BCUT2D eigenvalue weighted by Gasteiger charge is 2.28. The van der Waals surface area contributed by atoms with E-state index in [9.17, 15) is 18.1 Å². The Bertz CT molecular complexity index is 666. The van der Waals surface area contributed by atoms with E-state index in [1.165, 1.54) is 21.3 Å². The van der Waals surface area contributed by atoms with Crippen molar-refractivity contribution in [1.82, 2.24) is 9.21 Å². The summed E-state index contributed by atoms with van der Waals surface area (Å²) >= 11 is 0. The van der Waals surface area contributed by atoms with Crippen molar-refractivity contribution in [3.05, 3.63) is 28.7 Å². The van der Waals surface area contributed by atoms with E-state index in [2.05, 4.69) is 5.18 Å². The number of hydrogen-bond donors (Lipinski definition) is 1. The summed E-state index contributed by atoms with van der Waals surface area (Å²) < 4.78 is 24.2. The fraction of sp³-hybridized carbons (Fsp3) is 0.417. The van der Waals surface area contributed by atoms with Gasteiger partial charge in [-0.15, -0.1) is 4.91 Å². The van der Waals surface area contributed by atoms with Crippen molar-refractivity contribution in [1.29, 1.82) is 0 Å². The summed E-state index contributed by atoms with van der Waals surface area (Å²) in [6.45, 7) is 0.992. The third-order valence-corrected chi connectivity index (χ3v) is 4.69. The van der Waals surface area contributed by atoms with E-state index in [0.29, 0.717) is 0 Å². The van der Waals surface area contributed by atoms with Crippen LogP contribution in [0.25, 0.3) is 0 Å². The Labute approximate surface area is 122 Å². The van der Waals surface area contributed by atoms with Crippen molar-refractivity contribution in [2.24, 2.45) is 5.18 Å². The van der Waals surface area contributed by atoms with Gasteiger partial charge in [0.15, 0.2) is 0 Å². The number of nitrogens with zero attached hydrogens (tertiary/aromatic N) is 3. The maximum absolute atomic E-state index is 12.4. The van der Waals surface area contributed by atoms with E-state index < -0.39 is 10.0 Å². The Hall–Kier alpha value is -2.00. The number of rotatable bonds is 3. The lowest BCUT2D eigenvalue weighted by Crippen LogP contribution is -2.50. The monoisotopic (exact) mass is 312 g/mol. The molecule has 0 unspecified atom stereocenters. The second-order valence-corrected chi connectivity index (χ2v) is 6.77. The number of hydrogen-bond acceptors (Lipinski definition) is 6. The van der Waals surface area contributed by atoms with E-state index in [1.54, 1.807) is 6.07 Å². The molecular formula is C12H16N4O4S. The van der Waals surface area contributed by atoms with Gasteiger partial charge in [-0.2, -0.15) is 4.31 Å². The van der Waals surface area contributed by atoms with Gasteiger partial charge in [-0.25, -0.2) is 8.42 Å². The predicted octanol–water partition coefficient (Wildman–Crippen LogP) is 0.384. The zero-order chi connectivity index (χ0) is 15.6. The van der Waals surface area contributed by atoms with Crippen LogP contribution in [-0.2, 0) is 10.0 Å². The van der Waals surface area contributed by atoms with Crippen LogP contribution in [-0.4, -0.2) is 56.0 Å². The summed E-state index contributed by atoms with van der Waals surface area (Å²) in [5.74, 6) is -0.370. The molecule has 21 heavy (non-hydrogen) atoms. The molecule has 0 aliphatic carbocycles. The maximum Gasteiger partial charge on any atom is 0.256 e. The maximum atomic E-state index is 12.4. The molecule has 2 N–H and O–H groups in total. The van der Waals surface area contributed by atoms with Gasteiger partial charge >= 0.3 is 0 Å². The fourth-order valence-corrected chi connectivity index (χ4v) is 3.06. The number of piperazine rings is 1. The van der Waals surface area contributed by atoms with Gasteiger partial charge in [0.25, 0.3) is 5.91 Å². The molecule has 1 aromatic rings. The zero-order valence-corrected chi connectivity index (χ0v) is 12.3. The summed E-state index contributed by atoms with van der Waals surface area (Å²) in [6, 6.07) is 4.55. The van der Waals surface area contributed by atoms with Crippen LogP contribution in [0.3, 0.4) is 0 Å². The van der Waals surface area contributed by atoms with Crippen LogP contribution in [0.4, 0.5) is 11.4 Å². The molecule has 0 aromatic heterocycles.